The number of hydrogen-bond donors (Lipinski definition) is 2. The van der Waals surface area contributed by atoms with Crippen LogP contribution in [-0.4, -0.2) is 20.9 Å². The quantitative estimate of drug-likeness (QED) is 0.849. The normalized spacial score (nSPS) is 10.5. The second kappa shape index (κ2) is 4.54. The molecule has 7 heteroatoms. The average Bonchev–Trinajstić information content (AvgIpc) is 2.76. The van der Waals surface area contributed by atoms with Crippen LogP contribution >= 0.6 is 22.9 Å². The van der Waals surface area contributed by atoms with Gasteiger partial charge in [0.2, 0.25) is 11.1 Å². The first-order valence-corrected chi connectivity index (χ1v) is 6.13. The van der Waals surface area contributed by atoms with Gasteiger partial charge in [-0.25, -0.2) is 4.98 Å². The first-order chi connectivity index (χ1) is 7.24. The van der Waals surface area contributed by atoms with Crippen LogP contribution in [0.3, 0.4) is 0 Å². The summed E-state index contributed by atoms with van der Waals surface area (Å²) in [7, 11) is 0. The number of hydrogen-bond acceptors (Lipinski definition) is 7. The minimum atomic E-state index is 0.326. The third-order valence-corrected chi connectivity index (χ3v) is 3.44. The number of rotatable bonds is 4. The van der Waals surface area contributed by atoms with Gasteiger partial charge in [0.1, 0.15) is 0 Å². The zero-order valence-electron chi connectivity index (χ0n) is 8.23. The van der Waals surface area contributed by atoms with E-state index in [1.165, 1.54) is 11.5 Å². The van der Waals surface area contributed by atoms with Gasteiger partial charge in [-0.05, 0) is 6.92 Å². The van der Waals surface area contributed by atoms with Crippen molar-refractivity contribution < 1.29 is 0 Å². The van der Waals surface area contributed by atoms with Gasteiger partial charge in [0, 0.05) is 35.6 Å². The average molecular weight is 241 g/mol. The SMILES string of the molecule is Cc1csc(CCNc2nc(N)ns2)n1. The number of aromatic nitrogens is 3. The molecule has 15 heavy (non-hydrogen) atoms. The van der Waals surface area contributed by atoms with Crippen molar-refractivity contribution in [3.8, 4) is 0 Å². The Morgan fingerprint density at radius 3 is 2.93 bits per heavy atom. The third-order valence-electron chi connectivity index (χ3n) is 1.72. The minimum absolute atomic E-state index is 0.326. The zero-order chi connectivity index (χ0) is 10.7. The van der Waals surface area contributed by atoms with Gasteiger partial charge in [-0.1, -0.05) is 0 Å². The van der Waals surface area contributed by atoms with E-state index in [9.17, 15) is 0 Å². The van der Waals surface area contributed by atoms with Crippen molar-refractivity contribution in [2.24, 2.45) is 0 Å². The second-order valence-electron chi connectivity index (χ2n) is 3.02. The summed E-state index contributed by atoms with van der Waals surface area (Å²) in [5.41, 5.74) is 6.48. The summed E-state index contributed by atoms with van der Waals surface area (Å²) >= 11 is 2.96. The molecule has 2 rings (SSSR count). The molecule has 2 aromatic heterocycles. The molecule has 0 bridgehead atoms. The lowest BCUT2D eigenvalue weighted by atomic mass is 10.4. The lowest BCUT2D eigenvalue weighted by molar-refractivity contribution is 0.984. The Hall–Kier alpha value is -1.21. The molecule has 0 aliphatic heterocycles. The molecular formula is C8H11N5S2. The molecule has 3 N–H and O–H groups in total. The smallest absolute Gasteiger partial charge is 0.233 e. The van der Waals surface area contributed by atoms with Crippen LogP contribution in [0.4, 0.5) is 11.1 Å². The van der Waals surface area contributed by atoms with Crippen LogP contribution in [0, 0.1) is 6.92 Å². The molecule has 0 aliphatic rings. The molecule has 0 spiro atoms. The monoisotopic (exact) mass is 241 g/mol. The Kier molecular flexibility index (Phi) is 3.12. The number of anilines is 2. The molecule has 0 fully saturated rings. The number of thiazole rings is 1. The second-order valence-corrected chi connectivity index (χ2v) is 4.71. The first-order valence-electron chi connectivity index (χ1n) is 4.48. The maximum absolute atomic E-state index is 5.40. The van der Waals surface area contributed by atoms with E-state index in [1.807, 2.05) is 6.92 Å². The van der Waals surface area contributed by atoms with E-state index >= 15 is 0 Å². The Morgan fingerprint density at radius 1 is 1.47 bits per heavy atom. The van der Waals surface area contributed by atoms with Crippen LogP contribution < -0.4 is 11.1 Å². The number of nitrogens with one attached hydrogen (secondary N) is 1. The van der Waals surface area contributed by atoms with Gasteiger partial charge in [-0.3, -0.25) is 0 Å². The van der Waals surface area contributed by atoms with Crippen molar-refractivity contribution in [2.45, 2.75) is 13.3 Å². The van der Waals surface area contributed by atoms with Gasteiger partial charge >= 0.3 is 0 Å². The van der Waals surface area contributed by atoms with E-state index in [1.54, 1.807) is 11.3 Å². The molecule has 2 heterocycles. The highest BCUT2D eigenvalue weighted by molar-refractivity contribution is 7.10. The predicted molar refractivity (Wildman–Crippen MR) is 63.4 cm³/mol. The summed E-state index contributed by atoms with van der Waals surface area (Å²) in [6, 6.07) is 0. The number of aryl methyl sites for hydroxylation is 1. The maximum atomic E-state index is 5.40. The molecule has 0 radical (unpaired) electrons. The predicted octanol–water partition coefficient (Wildman–Crippen LogP) is 1.54. The molecule has 5 nitrogen and oxygen atoms in total. The van der Waals surface area contributed by atoms with E-state index in [-0.39, 0.29) is 0 Å². The van der Waals surface area contributed by atoms with Crippen LogP contribution in [0.5, 0.6) is 0 Å². The summed E-state index contributed by atoms with van der Waals surface area (Å²) in [4.78, 5) is 8.37. The van der Waals surface area contributed by atoms with Gasteiger partial charge in [0.25, 0.3) is 0 Å². The summed E-state index contributed by atoms with van der Waals surface area (Å²) < 4.78 is 3.88. The summed E-state index contributed by atoms with van der Waals surface area (Å²) in [5, 5.41) is 7.11. The van der Waals surface area contributed by atoms with Crippen molar-refractivity contribution in [1.82, 2.24) is 14.3 Å². The van der Waals surface area contributed by atoms with Crippen LogP contribution in [0.15, 0.2) is 5.38 Å². The van der Waals surface area contributed by atoms with Crippen molar-refractivity contribution in [1.29, 1.82) is 0 Å². The van der Waals surface area contributed by atoms with Crippen LogP contribution in [0.25, 0.3) is 0 Å². The van der Waals surface area contributed by atoms with E-state index in [0.717, 1.165) is 28.8 Å². The van der Waals surface area contributed by atoms with E-state index in [0.29, 0.717) is 5.95 Å². The number of nitrogens with two attached hydrogens (primary N) is 1. The summed E-state index contributed by atoms with van der Waals surface area (Å²) in [6.45, 7) is 2.81. The Bertz CT molecular complexity index is 395. The van der Waals surface area contributed by atoms with Crippen LogP contribution in [-0.2, 0) is 6.42 Å². The maximum Gasteiger partial charge on any atom is 0.233 e. The Balaban J connectivity index is 1.80. The van der Waals surface area contributed by atoms with Gasteiger partial charge in [0.15, 0.2) is 0 Å². The number of nitrogen functional groups attached to an aromatic ring is 1. The molecule has 0 unspecified atom stereocenters. The van der Waals surface area contributed by atoms with Gasteiger partial charge < -0.3 is 11.1 Å². The van der Waals surface area contributed by atoms with E-state index < -0.39 is 0 Å². The fourth-order valence-corrected chi connectivity index (χ4v) is 2.40. The van der Waals surface area contributed by atoms with Crippen molar-refractivity contribution in [2.75, 3.05) is 17.6 Å². The van der Waals surface area contributed by atoms with Crippen molar-refractivity contribution >= 4 is 33.9 Å². The fourth-order valence-electron chi connectivity index (χ4n) is 1.10. The molecular weight excluding hydrogens is 230 g/mol. The first kappa shape index (κ1) is 10.3. The third kappa shape index (κ3) is 2.87. The van der Waals surface area contributed by atoms with Crippen LogP contribution in [0.1, 0.15) is 10.7 Å². The summed E-state index contributed by atoms with van der Waals surface area (Å²) in [6.07, 6.45) is 0.901. The van der Waals surface area contributed by atoms with Gasteiger partial charge in [-0.15, -0.1) is 11.3 Å². The molecule has 0 aliphatic carbocycles. The molecule has 0 amide bonds. The topological polar surface area (TPSA) is 76.7 Å². The molecule has 0 aromatic carbocycles. The highest BCUT2D eigenvalue weighted by atomic mass is 32.1. The van der Waals surface area contributed by atoms with Gasteiger partial charge in [0.05, 0.1) is 5.01 Å². The van der Waals surface area contributed by atoms with Gasteiger partial charge in [-0.2, -0.15) is 9.36 Å². The lowest BCUT2D eigenvalue weighted by Crippen LogP contribution is -2.04. The Morgan fingerprint density at radius 2 is 2.33 bits per heavy atom. The highest BCUT2D eigenvalue weighted by Gasteiger charge is 2.01. The number of nitrogens with zero attached hydrogens (tertiary/aromatic N) is 3. The summed E-state index contributed by atoms with van der Waals surface area (Å²) in [5.74, 6) is 0.326. The molecule has 0 saturated carbocycles. The zero-order valence-corrected chi connectivity index (χ0v) is 9.86. The van der Waals surface area contributed by atoms with Crippen molar-refractivity contribution in [3.05, 3.63) is 16.1 Å². The largest absolute Gasteiger partial charge is 0.367 e. The van der Waals surface area contributed by atoms with Crippen molar-refractivity contribution in [3.63, 3.8) is 0 Å². The molecule has 80 valence electrons. The standard InChI is InChI=1S/C8H11N5S2/c1-5-4-14-6(11-5)2-3-10-8-12-7(9)13-15-8/h4H,2-3H2,1H3,(H3,9,10,12,13). The Labute approximate surface area is 95.6 Å². The lowest BCUT2D eigenvalue weighted by Gasteiger charge is -1.98. The molecule has 0 saturated heterocycles. The highest BCUT2D eigenvalue weighted by Crippen LogP contribution is 2.13. The van der Waals surface area contributed by atoms with E-state index in [4.69, 9.17) is 5.73 Å². The molecule has 0 atom stereocenters. The molecule has 2 aromatic rings. The minimum Gasteiger partial charge on any atom is -0.367 e. The van der Waals surface area contributed by atoms with Crippen LogP contribution in [0.2, 0.25) is 0 Å². The fraction of sp³-hybridized carbons (Fsp3) is 0.375. The van der Waals surface area contributed by atoms with E-state index in [2.05, 4.69) is 25.0 Å².